The predicted molar refractivity (Wildman–Crippen MR) is 51.9 cm³/mol. The van der Waals surface area contributed by atoms with Crippen LogP contribution >= 0.6 is 0 Å². The Morgan fingerprint density at radius 1 is 1.46 bits per heavy atom. The van der Waals surface area contributed by atoms with Crippen LogP contribution in [0, 0.1) is 12.3 Å². The van der Waals surface area contributed by atoms with Crippen molar-refractivity contribution in [1.29, 1.82) is 0 Å². The summed E-state index contributed by atoms with van der Waals surface area (Å²) in [6, 6.07) is 0.146. The van der Waals surface area contributed by atoms with Crippen LogP contribution in [-0.2, 0) is 9.47 Å². The molecule has 1 unspecified atom stereocenters. The Kier molecular flexibility index (Phi) is 9.05. The maximum Gasteiger partial charge on any atom is 0.0700 e. The fraction of sp³-hybridized carbons (Fsp3) is 0.778. The first-order valence-corrected chi connectivity index (χ1v) is 4.31. The molecule has 0 aromatic heterocycles. The molecule has 0 saturated carbocycles. The average molecular weight is 186 g/mol. The van der Waals surface area contributed by atoms with Crippen molar-refractivity contribution in [2.24, 2.45) is 5.84 Å². The van der Waals surface area contributed by atoms with Crippen molar-refractivity contribution in [2.75, 3.05) is 26.9 Å². The molecule has 4 heteroatoms. The second-order valence-electron chi connectivity index (χ2n) is 2.67. The fourth-order valence-corrected chi connectivity index (χ4v) is 0.856. The standard InChI is InChI=1S/C9H18N2O2/c1-3-4-9(11-10)5-6-13-8-7-12-2/h1,9,11H,4-8,10H2,2H3. The Morgan fingerprint density at radius 2 is 2.23 bits per heavy atom. The summed E-state index contributed by atoms with van der Waals surface area (Å²) in [4.78, 5) is 0. The highest BCUT2D eigenvalue weighted by Gasteiger charge is 2.03. The van der Waals surface area contributed by atoms with E-state index in [2.05, 4.69) is 11.3 Å². The zero-order valence-corrected chi connectivity index (χ0v) is 8.08. The van der Waals surface area contributed by atoms with Gasteiger partial charge in [-0.05, 0) is 6.42 Å². The molecule has 1 atom stereocenters. The van der Waals surface area contributed by atoms with E-state index in [1.807, 2.05) is 0 Å². The van der Waals surface area contributed by atoms with Crippen molar-refractivity contribution < 1.29 is 9.47 Å². The highest BCUT2D eigenvalue weighted by atomic mass is 16.5. The van der Waals surface area contributed by atoms with Gasteiger partial charge in [0.1, 0.15) is 0 Å². The summed E-state index contributed by atoms with van der Waals surface area (Å²) in [6.07, 6.45) is 6.60. The van der Waals surface area contributed by atoms with E-state index in [-0.39, 0.29) is 6.04 Å². The number of hydrazine groups is 1. The molecule has 0 rings (SSSR count). The van der Waals surface area contributed by atoms with E-state index >= 15 is 0 Å². The molecule has 0 bridgehead atoms. The quantitative estimate of drug-likeness (QED) is 0.240. The van der Waals surface area contributed by atoms with E-state index in [4.69, 9.17) is 21.7 Å². The number of ether oxygens (including phenoxy) is 2. The van der Waals surface area contributed by atoms with Gasteiger partial charge in [-0.25, -0.2) is 0 Å². The molecule has 0 radical (unpaired) electrons. The number of hydrogen-bond donors (Lipinski definition) is 2. The van der Waals surface area contributed by atoms with Crippen LogP contribution in [0.15, 0.2) is 0 Å². The maximum absolute atomic E-state index is 5.27. The normalized spacial score (nSPS) is 12.4. The molecule has 0 aliphatic rings. The highest BCUT2D eigenvalue weighted by Crippen LogP contribution is 1.95. The molecule has 0 spiro atoms. The number of hydrogen-bond acceptors (Lipinski definition) is 4. The lowest BCUT2D eigenvalue weighted by atomic mass is 10.2. The molecule has 3 N–H and O–H groups in total. The van der Waals surface area contributed by atoms with Gasteiger partial charge in [0.25, 0.3) is 0 Å². The summed E-state index contributed by atoms with van der Waals surface area (Å²) in [6.45, 7) is 1.89. The third-order valence-electron chi connectivity index (χ3n) is 1.64. The predicted octanol–water partition coefficient (Wildman–Crippen LogP) is -0.105. The zero-order chi connectivity index (χ0) is 9.94. The minimum absolute atomic E-state index is 0.146. The van der Waals surface area contributed by atoms with E-state index in [1.54, 1.807) is 7.11 Å². The van der Waals surface area contributed by atoms with Crippen LogP contribution in [0.3, 0.4) is 0 Å². The third kappa shape index (κ3) is 7.75. The van der Waals surface area contributed by atoms with Crippen molar-refractivity contribution in [3.63, 3.8) is 0 Å². The van der Waals surface area contributed by atoms with E-state index in [0.29, 0.717) is 26.2 Å². The van der Waals surface area contributed by atoms with E-state index in [0.717, 1.165) is 6.42 Å². The Balaban J connectivity index is 3.23. The summed E-state index contributed by atoms with van der Waals surface area (Å²) in [5.74, 6) is 7.82. The van der Waals surface area contributed by atoms with Crippen LogP contribution in [0.5, 0.6) is 0 Å². The maximum atomic E-state index is 5.27. The molecular weight excluding hydrogens is 168 g/mol. The van der Waals surface area contributed by atoms with Crippen LogP contribution < -0.4 is 11.3 Å². The lowest BCUT2D eigenvalue weighted by Gasteiger charge is -2.12. The van der Waals surface area contributed by atoms with Crippen LogP contribution in [0.25, 0.3) is 0 Å². The zero-order valence-electron chi connectivity index (χ0n) is 8.08. The molecule has 0 heterocycles. The van der Waals surface area contributed by atoms with E-state index in [1.165, 1.54) is 0 Å². The minimum Gasteiger partial charge on any atom is -0.382 e. The van der Waals surface area contributed by atoms with Crippen molar-refractivity contribution in [1.82, 2.24) is 5.43 Å². The lowest BCUT2D eigenvalue weighted by Crippen LogP contribution is -2.35. The van der Waals surface area contributed by atoms with Gasteiger partial charge in [0.05, 0.1) is 13.2 Å². The summed E-state index contributed by atoms with van der Waals surface area (Å²) < 4.78 is 10.1. The van der Waals surface area contributed by atoms with Crippen molar-refractivity contribution in [3.05, 3.63) is 0 Å². The first-order chi connectivity index (χ1) is 6.35. The number of methoxy groups -OCH3 is 1. The van der Waals surface area contributed by atoms with Gasteiger partial charge in [-0.15, -0.1) is 12.3 Å². The minimum atomic E-state index is 0.146. The van der Waals surface area contributed by atoms with Gasteiger partial charge in [0.15, 0.2) is 0 Å². The fourth-order valence-electron chi connectivity index (χ4n) is 0.856. The Morgan fingerprint density at radius 3 is 2.77 bits per heavy atom. The van der Waals surface area contributed by atoms with Crippen molar-refractivity contribution >= 4 is 0 Å². The summed E-state index contributed by atoms with van der Waals surface area (Å²) in [7, 11) is 1.64. The lowest BCUT2D eigenvalue weighted by molar-refractivity contribution is 0.0660. The molecular formula is C9H18N2O2. The van der Waals surface area contributed by atoms with Gasteiger partial charge in [-0.2, -0.15) is 0 Å². The molecule has 76 valence electrons. The molecule has 4 nitrogen and oxygen atoms in total. The van der Waals surface area contributed by atoms with Crippen LogP contribution in [0.4, 0.5) is 0 Å². The number of terminal acetylenes is 1. The largest absolute Gasteiger partial charge is 0.382 e. The smallest absolute Gasteiger partial charge is 0.0700 e. The summed E-state index contributed by atoms with van der Waals surface area (Å²) in [5, 5.41) is 0. The topological polar surface area (TPSA) is 56.5 Å². The second kappa shape index (κ2) is 9.49. The molecule has 0 aromatic rings. The van der Waals surface area contributed by atoms with Gasteiger partial charge >= 0.3 is 0 Å². The summed E-state index contributed by atoms with van der Waals surface area (Å²) in [5.41, 5.74) is 2.64. The van der Waals surface area contributed by atoms with Gasteiger partial charge < -0.3 is 9.47 Å². The van der Waals surface area contributed by atoms with Gasteiger partial charge in [0, 0.05) is 26.2 Å². The van der Waals surface area contributed by atoms with Crippen molar-refractivity contribution in [3.8, 4) is 12.3 Å². The Labute approximate surface area is 79.7 Å². The number of nitrogens with one attached hydrogen (secondary N) is 1. The van der Waals surface area contributed by atoms with Gasteiger partial charge in [-0.1, -0.05) is 0 Å². The SMILES string of the molecule is C#CCC(CCOCCOC)NN. The molecule has 0 aliphatic carbocycles. The number of nitrogens with two attached hydrogens (primary N) is 1. The first-order valence-electron chi connectivity index (χ1n) is 4.31. The van der Waals surface area contributed by atoms with Gasteiger partial charge in [-0.3, -0.25) is 11.3 Å². The molecule has 0 saturated heterocycles. The Bertz CT molecular complexity index is 145. The molecule has 0 amide bonds. The van der Waals surface area contributed by atoms with Gasteiger partial charge in [0.2, 0.25) is 0 Å². The Hall–Kier alpha value is -0.600. The second-order valence-corrected chi connectivity index (χ2v) is 2.67. The average Bonchev–Trinajstić information content (AvgIpc) is 2.16. The molecule has 13 heavy (non-hydrogen) atoms. The summed E-state index contributed by atoms with van der Waals surface area (Å²) >= 11 is 0. The van der Waals surface area contributed by atoms with Crippen LogP contribution in [0.1, 0.15) is 12.8 Å². The first kappa shape index (κ1) is 12.4. The molecule has 0 fully saturated rings. The van der Waals surface area contributed by atoms with E-state index in [9.17, 15) is 0 Å². The molecule has 0 aliphatic heterocycles. The number of rotatable bonds is 8. The molecule has 0 aromatic carbocycles. The highest BCUT2D eigenvalue weighted by molar-refractivity contribution is 4.88. The van der Waals surface area contributed by atoms with E-state index < -0.39 is 0 Å². The third-order valence-corrected chi connectivity index (χ3v) is 1.64. The van der Waals surface area contributed by atoms with Crippen LogP contribution in [0.2, 0.25) is 0 Å². The monoisotopic (exact) mass is 186 g/mol. The van der Waals surface area contributed by atoms with Crippen molar-refractivity contribution in [2.45, 2.75) is 18.9 Å². The van der Waals surface area contributed by atoms with Crippen LogP contribution in [-0.4, -0.2) is 33.0 Å².